The van der Waals surface area contributed by atoms with Crippen LogP contribution < -0.4 is 17.2 Å². The highest BCUT2D eigenvalue weighted by Gasteiger charge is 2.05. The second-order valence-corrected chi connectivity index (χ2v) is 3.69. The van der Waals surface area contributed by atoms with E-state index in [2.05, 4.69) is 19.9 Å². The molecule has 82 valence electrons. The molecule has 7 nitrogen and oxygen atoms in total. The fourth-order valence-corrected chi connectivity index (χ4v) is 1.76. The van der Waals surface area contributed by atoms with Crippen LogP contribution in [0, 0.1) is 0 Å². The molecular weight excluding hydrogens is 226 g/mol. The Kier molecular flexibility index (Phi) is 2.64. The fraction of sp³-hybridized carbons (Fsp3) is 0. The van der Waals surface area contributed by atoms with E-state index in [1.807, 2.05) is 0 Å². The molecule has 0 bridgehead atoms. The molecule has 0 spiro atoms. The number of nitrogens with zero attached hydrogens (tertiary/aromatic N) is 4. The molecule has 0 fully saturated rings. The van der Waals surface area contributed by atoms with Gasteiger partial charge in [0, 0.05) is 11.6 Å². The molecule has 0 radical (unpaired) electrons. The Morgan fingerprint density at radius 3 is 2.75 bits per heavy atom. The highest BCUT2D eigenvalue weighted by Crippen LogP contribution is 2.25. The number of thiazole rings is 1. The summed E-state index contributed by atoms with van der Waals surface area (Å²) in [6, 6.07) is 1.71. The Bertz CT molecular complexity index is 529. The van der Waals surface area contributed by atoms with Crippen molar-refractivity contribution in [1.82, 2.24) is 15.0 Å². The van der Waals surface area contributed by atoms with E-state index in [-0.39, 0.29) is 11.9 Å². The van der Waals surface area contributed by atoms with E-state index in [0.29, 0.717) is 16.5 Å². The molecule has 0 aliphatic heterocycles. The number of nitrogen functional groups attached to an aromatic ring is 1. The lowest BCUT2D eigenvalue weighted by Gasteiger charge is -1.95. The van der Waals surface area contributed by atoms with Gasteiger partial charge in [-0.1, -0.05) is 0 Å². The van der Waals surface area contributed by atoms with E-state index in [0.717, 1.165) is 0 Å². The number of aromatic nitrogens is 3. The van der Waals surface area contributed by atoms with E-state index in [1.165, 1.54) is 11.3 Å². The van der Waals surface area contributed by atoms with E-state index >= 15 is 0 Å². The van der Waals surface area contributed by atoms with E-state index in [9.17, 15) is 0 Å². The Morgan fingerprint density at radius 2 is 2.06 bits per heavy atom. The normalized spacial score (nSPS) is 10.0. The Morgan fingerprint density at radius 1 is 1.25 bits per heavy atom. The van der Waals surface area contributed by atoms with Gasteiger partial charge >= 0.3 is 0 Å². The first-order valence-electron chi connectivity index (χ1n) is 4.29. The highest BCUT2D eigenvalue weighted by molar-refractivity contribution is 7.13. The molecule has 0 aliphatic carbocycles. The number of anilines is 1. The lowest BCUT2D eigenvalue weighted by Crippen LogP contribution is -2.21. The highest BCUT2D eigenvalue weighted by atomic mass is 32.1. The van der Waals surface area contributed by atoms with Crippen LogP contribution in [0.25, 0.3) is 11.4 Å². The number of rotatable bonds is 2. The number of nitrogens with two attached hydrogens (primary N) is 3. The minimum Gasteiger partial charge on any atom is -0.370 e. The molecule has 0 saturated heterocycles. The van der Waals surface area contributed by atoms with Gasteiger partial charge in [-0.15, -0.1) is 11.3 Å². The summed E-state index contributed by atoms with van der Waals surface area (Å²) < 4.78 is 0. The number of aliphatic imine (C=N–C) groups is 1. The minimum absolute atomic E-state index is 0.0249. The summed E-state index contributed by atoms with van der Waals surface area (Å²) >= 11 is 1.32. The van der Waals surface area contributed by atoms with Crippen LogP contribution in [0.3, 0.4) is 0 Å². The lowest BCUT2D eigenvalue weighted by molar-refractivity contribution is 1.17. The van der Waals surface area contributed by atoms with Crippen molar-refractivity contribution in [1.29, 1.82) is 0 Å². The van der Waals surface area contributed by atoms with Gasteiger partial charge in [-0.2, -0.15) is 4.99 Å². The molecule has 0 amide bonds. The molecule has 8 heteroatoms. The minimum atomic E-state index is -0.0249. The zero-order chi connectivity index (χ0) is 11.5. The topological polar surface area (TPSA) is 129 Å². The monoisotopic (exact) mass is 235 g/mol. The maximum atomic E-state index is 5.47. The first-order valence-corrected chi connectivity index (χ1v) is 5.17. The molecule has 0 aliphatic rings. The zero-order valence-corrected chi connectivity index (χ0v) is 8.98. The van der Waals surface area contributed by atoms with Gasteiger partial charge in [-0.25, -0.2) is 15.0 Å². The molecule has 6 N–H and O–H groups in total. The summed E-state index contributed by atoms with van der Waals surface area (Å²) in [4.78, 5) is 15.9. The van der Waals surface area contributed by atoms with E-state index < -0.39 is 0 Å². The largest absolute Gasteiger partial charge is 0.370 e. The predicted octanol–water partition coefficient (Wildman–Crippen LogP) is 0.0872. The van der Waals surface area contributed by atoms with Crippen molar-refractivity contribution in [3.8, 4) is 11.4 Å². The van der Waals surface area contributed by atoms with E-state index in [1.54, 1.807) is 17.6 Å². The molecule has 2 aromatic heterocycles. The smallest absolute Gasteiger partial charge is 0.220 e. The molecule has 0 aromatic carbocycles. The summed E-state index contributed by atoms with van der Waals surface area (Å²) in [7, 11) is 0. The molecule has 2 aromatic rings. The van der Waals surface area contributed by atoms with Gasteiger partial charge in [-0.3, -0.25) is 0 Å². The van der Waals surface area contributed by atoms with E-state index in [4.69, 9.17) is 17.2 Å². The van der Waals surface area contributed by atoms with Crippen molar-refractivity contribution in [3.63, 3.8) is 0 Å². The Labute approximate surface area is 95.1 Å². The molecule has 16 heavy (non-hydrogen) atoms. The predicted molar refractivity (Wildman–Crippen MR) is 63.0 cm³/mol. The van der Waals surface area contributed by atoms with Crippen LogP contribution in [-0.4, -0.2) is 20.9 Å². The molecular formula is C8H9N7S. The standard InChI is InChI=1S/C8H9N7S/c9-6(10)15-8-14-5(3-16-8)4-1-2-12-7(11)13-4/h1-3H,(H2,11,12,13)(H4,9,10,14,15). The van der Waals surface area contributed by atoms with Crippen LogP contribution in [0.5, 0.6) is 0 Å². The van der Waals surface area contributed by atoms with Crippen molar-refractivity contribution >= 4 is 28.4 Å². The zero-order valence-electron chi connectivity index (χ0n) is 8.16. The fourth-order valence-electron chi connectivity index (χ4n) is 1.06. The third kappa shape index (κ3) is 2.23. The molecule has 0 unspecified atom stereocenters. The van der Waals surface area contributed by atoms with Crippen molar-refractivity contribution in [2.24, 2.45) is 16.5 Å². The van der Waals surface area contributed by atoms with Gasteiger partial charge in [0.05, 0.1) is 5.69 Å². The number of hydrogen-bond donors (Lipinski definition) is 3. The molecule has 0 saturated carbocycles. The van der Waals surface area contributed by atoms with Crippen LogP contribution >= 0.6 is 11.3 Å². The van der Waals surface area contributed by atoms with Crippen LogP contribution in [0.1, 0.15) is 0 Å². The summed E-state index contributed by atoms with van der Waals surface area (Å²) in [6.07, 6.45) is 1.57. The summed E-state index contributed by atoms with van der Waals surface area (Å²) in [5, 5.41) is 2.27. The van der Waals surface area contributed by atoms with Gasteiger partial charge < -0.3 is 17.2 Å². The van der Waals surface area contributed by atoms with Gasteiger partial charge in [-0.05, 0) is 6.07 Å². The Balaban J connectivity index is 2.35. The van der Waals surface area contributed by atoms with Gasteiger partial charge in [0.2, 0.25) is 11.1 Å². The van der Waals surface area contributed by atoms with Crippen LogP contribution in [-0.2, 0) is 0 Å². The molecule has 2 rings (SSSR count). The maximum absolute atomic E-state index is 5.47. The van der Waals surface area contributed by atoms with Gasteiger partial charge in [0.25, 0.3) is 0 Å². The van der Waals surface area contributed by atoms with Crippen molar-refractivity contribution in [3.05, 3.63) is 17.6 Å². The van der Waals surface area contributed by atoms with Crippen LogP contribution in [0.2, 0.25) is 0 Å². The quantitative estimate of drug-likeness (QED) is 0.499. The number of guanidine groups is 1. The average molecular weight is 235 g/mol. The first kappa shape index (κ1) is 10.3. The van der Waals surface area contributed by atoms with Crippen molar-refractivity contribution < 1.29 is 0 Å². The lowest BCUT2D eigenvalue weighted by atomic mass is 10.3. The first-order chi connectivity index (χ1) is 7.65. The third-order valence-corrected chi connectivity index (χ3v) is 2.39. The second kappa shape index (κ2) is 4.11. The van der Waals surface area contributed by atoms with Crippen molar-refractivity contribution in [2.75, 3.05) is 5.73 Å². The Hall–Kier alpha value is -2.22. The maximum Gasteiger partial charge on any atom is 0.220 e. The molecule has 0 atom stereocenters. The van der Waals surface area contributed by atoms with Crippen LogP contribution in [0.4, 0.5) is 11.1 Å². The van der Waals surface area contributed by atoms with Gasteiger partial charge in [0.15, 0.2) is 5.96 Å². The summed E-state index contributed by atoms with van der Waals surface area (Å²) in [5.74, 6) is 0.178. The van der Waals surface area contributed by atoms with Gasteiger partial charge in [0.1, 0.15) is 5.69 Å². The van der Waals surface area contributed by atoms with Crippen molar-refractivity contribution in [2.45, 2.75) is 0 Å². The summed E-state index contributed by atoms with van der Waals surface area (Å²) in [6.45, 7) is 0. The molecule has 2 heterocycles. The third-order valence-electron chi connectivity index (χ3n) is 1.65. The average Bonchev–Trinajstić information content (AvgIpc) is 2.65. The SMILES string of the molecule is NC(N)=Nc1nc(-c2ccnc(N)n2)cs1. The second-order valence-electron chi connectivity index (χ2n) is 2.85. The summed E-state index contributed by atoms with van der Waals surface area (Å²) in [5.41, 5.74) is 17.3. The van der Waals surface area contributed by atoms with Crippen LogP contribution in [0.15, 0.2) is 22.6 Å². The number of hydrogen-bond acceptors (Lipinski definition) is 6.